The van der Waals surface area contributed by atoms with Crippen molar-refractivity contribution in [2.24, 2.45) is 0 Å². The molecule has 1 aromatic rings. The summed E-state index contributed by atoms with van der Waals surface area (Å²) in [6.07, 6.45) is 2.46. The van der Waals surface area contributed by atoms with Crippen molar-refractivity contribution in [3.63, 3.8) is 0 Å². The maximum Gasteiger partial charge on any atom is 0.256 e. The molecule has 110 valence electrons. The molecule has 0 unspecified atom stereocenters. The second-order valence-electron chi connectivity index (χ2n) is 5.02. The first-order valence-electron chi connectivity index (χ1n) is 6.86. The normalized spacial score (nSPS) is 17.1. The van der Waals surface area contributed by atoms with E-state index in [0.29, 0.717) is 30.2 Å². The Hall–Kier alpha value is -1.17. The van der Waals surface area contributed by atoms with Crippen LogP contribution in [0.15, 0.2) is 12.3 Å². The molecule has 5 nitrogen and oxygen atoms in total. The van der Waals surface area contributed by atoms with Gasteiger partial charge in [0.1, 0.15) is 0 Å². The summed E-state index contributed by atoms with van der Waals surface area (Å²) in [5.41, 5.74) is 1.27. The molecule has 6 heteroatoms. The Morgan fingerprint density at radius 2 is 2.20 bits per heavy atom. The second kappa shape index (κ2) is 7.02. The fourth-order valence-corrected chi connectivity index (χ4v) is 2.68. The highest BCUT2D eigenvalue weighted by atomic mass is 35.5. The molecule has 1 saturated heterocycles. The number of carbonyl (C=O) groups is 1. The third-order valence-corrected chi connectivity index (χ3v) is 3.83. The number of pyridine rings is 1. The number of hydrogen-bond donors (Lipinski definition) is 1. The fraction of sp³-hybridized carbons (Fsp3) is 0.571. The summed E-state index contributed by atoms with van der Waals surface area (Å²) >= 11 is 6.13. The number of aryl methyl sites for hydroxylation is 1. The van der Waals surface area contributed by atoms with E-state index in [1.54, 1.807) is 12.3 Å². The highest BCUT2D eigenvalue weighted by Crippen LogP contribution is 2.18. The zero-order chi connectivity index (χ0) is 14.5. The molecule has 1 aliphatic heterocycles. The zero-order valence-electron chi connectivity index (χ0n) is 11.7. The molecular formula is C14H20ClN3O2. The van der Waals surface area contributed by atoms with Crippen molar-refractivity contribution in [2.45, 2.75) is 13.3 Å². The molecule has 0 spiro atoms. The SMILES string of the molecule is Cc1cc(Cl)c(C(=O)N2CCCN(CCO)CC2)cn1. The minimum Gasteiger partial charge on any atom is -0.395 e. The van der Waals surface area contributed by atoms with Crippen LogP contribution in [0.3, 0.4) is 0 Å². The predicted octanol–water partition coefficient (Wildman–Crippen LogP) is 1.18. The van der Waals surface area contributed by atoms with Gasteiger partial charge >= 0.3 is 0 Å². The van der Waals surface area contributed by atoms with Crippen molar-refractivity contribution in [2.75, 3.05) is 39.3 Å². The number of rotatable bonds is 3. The van der Waals surface area contributed by atoms with Gasteiger partial charge in [-0.15, -0.1) is 0 Å². The molecule has 0 bridgehead atoms. The van der Waals surface area contributed by atoms with Crippen LogP contribution in [0.25, 0.3) is 0 Å². The van der Waals surface area contributed by atoms with Gasteiger partial charge in [0.05, 0.1) is 17.2 Å². The number of carbonyl (C=O) groups excluding carboxylic acids is 1. The van der Waals surface area contributed by atoms with E-state index in [1.807, 2.05) is 11.8 Å². The van der Waals surface area contributed by atoms with Gasteiger partial charge in [-0.25, -0.2) is 0 Å². The van der Waals surface area contributed by atoms with E-state index in [9.17, 15) is 4.79 Å². The molecule has 0 radical (unpaired) electrons. The molecule has 0 saturated carbocycles. The lowest BCUT2D eigenvalue weighted by molar-refractivity contribution is 0.0760. The van der Waals surface area contributed by atoms with Crippen molar-refractivity contribution in [3.05, 3.63) is 28.5 Å². The Morgan fingerprint density at radius 1 is 1.40 bits per heavy atom. The molecule has 20 heavy (non-hydrogen) atoms. The lowest BCUT2D eigenvalue weighted by Gasteiger charge is -2.22. The molecular weight excluding hydrogens is 278 g/mol. The van der Waals surface area contributed by atoms with Gasteiger partial charge in [0, 0.05) is 38.1 Å². The maximum absolute atomic E-state index is 12.5. The molecule has 2 heterocycles. The number of amides is 1. The first kappa shape index (κ1) is 15.2. The van der Waals surface area contributed by atoms with Crippen molar-refractivity contribution >= 4 is 17.5 Å². The number of nitrogens with zero attached hydrogens (tertiary/aromatic N) is 3. The molecule has 0 atom stereocenters. The van der Waals surface area contributed by atoms with Crippen LogP contribution in [-0.4, -0.2) is 65.1 Å². The Morgan fingerprint density at radius 3 is 2.90 bits per heavy atom. The Bertz CT molecular complexity index is 481. The quantitative estimate of drug-likeness (QED) is 0.910. The third-order valence-electron chi connectivity index (χ3n) is 3.51. The highest BCUT2D eigenvalue weighted by molar-refractivity contribution is 6.33. The number of halogens is 1. The van der Waals surface area contributed by atoms with E-state index < -0.39 is 0 Å². The zero-order valence-corrected chi connectivity index (χ0v) is 12.4. The molecule has 1 aromatic heterocycles. The van der Waals surface area contributed by atoms with Crippen LogP contribution in [0.1, 0.15) is 22.5 Å². The van der Waals surface area contributed by atoms with Gasteiger partial charge in [0.25, 0.3) is 5.91 Å². The summed E-state index contributed by atoms with van der Waals surface area (Å²) in [6, 6.07) is 1.71. The van der Waals surface area contributed by atoms with E-state index >= 15 is 0 Å². The van der Waals surface area contributed by atoms with Gasteiger partial charge < -0.3 is 10.0 Å². The average Bonchev–Trinajstić information content (AvgIpc) is 2.64. The monoisotopic (exact) mass is 297 g/mol. The third kappa shape index (κ3) is 3.69. The summed E-state index contributed by atoms with van der Waals surface area (Å²) in [5, 5.41) is 9.44. The second-order valence-corrected chi connectivity index (χ2v) is 5.42. The fourth-order valence-electron chi connectivity index (χ4n) is 2.39. The minimum absolute atomic E-state index is 0.0617. The highest BCUT2D eigenvalue weighted by Gasteiger charge is 2.22. The van der Waals surface area contributed by atoms with E-state index in [4.69, 9.17) is 16.7 Å². The molecule has 1 aliphatic rings. The van der Waals surface area contributed by atoms with Gasteiger partial charge in [-0.2, -0.15) is 0 Å². The Labute approximate surface area is 124 Å². The van der Waals surface area contributed by atoms with E-state index in [1.165, 1.54) is 0 Å². The Balaban J connectivity index is 2.05. The van der Waals surface area contributed by atoms with Gasteiger partial charge in [0.15, 0.2) is 0 Å². The van der Waals surface area contributed by atoms with Crippen molar-refractivity contribution < 1.29 is 9.90 Å². The van der Waals surface area contributed by atoms with Gasteiger partial charge in [-0.1, -0.05) is 11.6 Å². The first-order valence-corrected chi connectivity index (χ1v) is 7.24. The van der Waals surface area contributed by atoms with Crippen LogP contribution < -0.4 is 0 Å². The summed E-state index contributed by atoms with van der Waals surface area (Å²) in [6.45, 7) is 5.72. The number of aliphatic hydroxyl groups is 1. The van der Waals surface area contributed by atoms with Crippen LogP contribution in [0.4, 0.5) is 0 Å². The van der Waals surface area contributed by atoms with Crippen LogP contribution in [0, 0.1) is 6.92 Å². The van der Waals surface area contributed by atoms with Crippen LogP contribution in [-0.2, 0) is 0 Å². The van der Waals surface area contributed by atoms with Crippen LogP contribution >= 0.6 is 11.6 Å². The Kier molecular flexibility index (Phi) is 5.34. The molecule has 1 fully saturated rings. The largest absolute Gasteiger partial charge is 0.395 e. The topological polar surface area (TPSA) is 56.7 Å². The van der Waals surface area contributed by atoms with Crippen LogP contribution in [0.5, 0.6) is 0 Å². The number of β-amino-alcohol motifs (C(OH)–C–C–N with tert-alkyl or cyclic N) is 1. The predicted molar refractivity (Wildman–Crippen MR) is 78.0 cm³/mol. The van der Waals surface area contributed by atoms with Gasteiger partial charge in [-0.3, -0.25) is 14.7 Å². The van der Waals surface area contributed by atoms with Crippen LogP contribution in [0.2, 0.25) is 5.02 Å². The number of aliphatic hydroxyl groups excluding tert-OH is 1. The number of hydrogen-bond acceptors (Lipinski definition) is 4. The standard InChI is InChI=1S/C14H20ClN3O2/c1-11-9-13(15)12(10-16-11)14(20)18-4-2-3-17(5-6-18)7-8-19/h9-10,19H,2-8H2,1H3. The smallest absolute Gasteiger partial charge is 0.256 e. The average molecular weight is 298 g/mol. The minimum atomic E-state index is -0.0617. The lowest BCUT2D eigenvalue weighted by Crippen LogP contribution is -2.36. The maximum atomic E-state index is 12.5. The van der Waals surface area contributed by atoms with Gasteiger partial charge in [-0.05, 0) is 26.0 Å². The lowest BCUT2D eigenvalue weighted by atomic mass is 10.2. The number of aromatic nitrogens is 1. The molecule has 2 rings (SSSR count). The van der Waals surface area contributed by atoms with Crippen molar-refractivity contribution in [1.29, 1.82) is 0 Å². The van der Waals surface area contributed by atoms with E-state index in [0.717, 1.165) is 25.2 Å². The summed E-state index contributed by atoms with van der Waals surface area (Å²) < 4.78 is 0. The summed E-state index contributed by atoms with van der Waals surface area (Å²) in [7, 11) is 0. The molecule has 1 amide bonds. The van der Waals surface area contributed by atoms with Crippen molar-refractivity contribution in [1.82, 2.24) is 14.8 Å². The summed E-state index contributed by atoms with van der Waals surface area (Å²) in [5.74, 6) is -0.0617. The van der Waals surface area contributed by atoms with Gasteiger partial charge in [0.2, 0.25) is 0 Å². The van der Waals surface area contributed by atoms with Crippen molar-refractivity contribution in [3.8, 4) is 0 Å². The molecule has 0 aromatic carbocycles. The van der Waals surface area contributed by atoms with E-state index in [2.05, 4.69) is 9.88 Å². The van der Waals surface area contributed by atoms with E-state index in [-0.39, 0.29) is 12.5 Å². The first-order chi connectivity index (χ1) is 9.61. The summed E-state index contributed by atoms with van der Waals surface area (Å²) in [4.78, 5) is 20.6. The molecule has 0 aliphatic carbocycles. The molecule has 1 N–H and O–H groups in total.